The Bertz CT molecular complexity index is 943. The molecule has 29 heavy (non-hydrogen) atoms. The number of allylic oxidation sites excluding steroid dienone is 2. The van der Waals surface area contributed by atoms with E-state index in [1.54, 1.807) is 24.3 Å². The molecule has 0 bridgehead atoms. The minimum Gasteiger partial charge on any atom is -0.347 e. The van der Waals surface area contributed by atoms with E-state index in [1.165, 1.54) is 4.90 Å². The van der Waals surface area contributed by atoms with Crippen LogP contribution in [0, 0.1) is 11.8 Å². The molecule has 1 aromatic heterocycles. The van der Waals surface area contributed by atoms with Gasteiger partial charge < -0.3 is 9.84 Å². The average Bonchev–Trinajstić information content (AvgIpc) is 3.30. The maximum Gasteiger partial charge on any atom is 0.246 e. The number of hydrogen-bond donors (Lipinski definition) is 1. The Morgan fingerprint density at radius 1 is 1.14 bits per heavy atom. The molecule has 2 heterocycles. The molecule has 1 N–H and O–H groups in total. The largest absolute Gasteiger partial charge is 0.347 e. The number of nitrogens with one attached hydrogen (secondary N) is 1. The summed E-state index contributed by atoms with van der Waals surface area (Å²) >= 11 is 5.86. The second kappa shape index (κ2) is 8.16. The van der Waals surface area contributed by atoms with Crippen molar-refractivity contribution >= 4 is 29.3 Å². The van der Waals surface area contributed by atoms with Crippen molar-refractivity contribution in [1.29, 1.82) is 0 Å². The van der Waals surface area contributed by atoms with Crippen molar-refractivity contribution in [2.75, 3.05) is 6.54 Å². The third-order valence-electron chi connectivity index (χ3n) is 5.17. The normalized spacial score (nSPS) is 20.8. The van der Waals surface area contributed by atoms with Crippen LogP contribution in [0.4, 0.5) is 0 Å². The van der Waals surface area contributed by atoms with Gasteiger partial charge in [0.05, 0.1) is 18.4 Å². The fourth-order valence-electron chi connectivity index (χ4n) is 3.61. The molecule has 1 saturated heterocycles. The van der Waals surface area contributed by atoms with Gasteiger partial charge in [-0.25, -0.2) is 0 Å². The second-order valence-corrected chi connectivity index (χ2v) is 7.47. The van der Waals surface area contributed by atoms with Crippen molar-refractivity contribution in [2.45, 2.75) is 25.8 Å². The highest BCUT2D eigenvalue weighted by Gasteiger charge is 2.46. The number of hydrogen-bond acceptors (Lipinski definition) is 6. The minimum absolute atomic E-state index is 0.0303. The zero-order valence-electron chi connectivity index (χ0n) is 15.5. The Morgan fingerprint density at radius 2 is 1.79 bits per heavy atom. The highest BCUT2D eigenvalue weighted by Crippen LogP contribution is 2.34. The Hall–Kier alpha value is -3.00. The molecule has 0 spiro atoms. The molecule has 150 valence electrons. The van der Waals surface area contributed by atoms with Crippen molar-refractivity contribution < 1.29 is 18.9 Å². The molecule has 1 aromatic carbocycles. The van der Waals surface area contributed by atoms with Gasteiger partial charge in [0, 0.05) is 23.6 Å². The molecule has 4 rings (SSSR count). The number of rotatable bonds is 6. The van der Waals surface area contributed by atoms with Crippen LogP contribution in [-0.4, -0.2) is 39.3 Å². The van der Waals surface area contributed by atoms with Gasteiger partial charge in [0.1, 0.15) is 0 Å². The van der Waals surface area contributed by atoms with Gasteiger partial charge in [0.25, 0.3) is 0 Å². The maximum atomic E-state index is 12.4. The number of aromatic nitrogens is 2. The van der Waals surface area contributed by atoms with Gasteiger partial charge in [0.2, 0.25) is 29.4 Å². The molecular formula is C20H19ClN4O4. The van der Waals surface area contributed by atoms with Gasteiger partial charge >= 0.3 is 0 Å². The quantitative estimate of drug-likeness (QED) is 0.574. The molecule has 1 aliphatic carbocycles. The van der Waals surface area contributed by atoms with Crippen LogP contribution in [-0.2, 0) is 20.9 Å². The van der Waals surface area contributed by atoms with Crippen molar-refractivity contribution in [3.05, 3.63) is 47.3 Å². The minimum atomic E-state index is -0.301. The highest BCUT2D eigenvalue weighted by atomic mass is 35.5. The van der Waals surface area contributed by atoms with Crippen LogP contribution in [0.1, 0.15) is 25.2 Å². The molecule has 1 aliphatic heterocycles. The van der Waals surface area contributed by atoms with Gasteiger partial charge in [-0.15, -0.1) is 0 Å². The van der Waals surface area contributed by atoms with Gasteiger partial charge in [-0.3, -0.25) is 19.3 Å². The Labute approximate surface area is 171 Å². The van der Waals surface area contributed by atoms with Gasteiger partial charge in [0.15, 0.2) is 0 Å². The highest BCUT2D eigenvalue weighted by molar-refractivity contribution is 6.30. The van der Waals surface area contributed by atoms with E-state index in [1.807, 2.05) is 12.2 Å². The van der Waals surface area contributed by atoms with E-state index < -0.39 is 0 Å². The van der Waals surface area contributed by atoms with Crippen molar-refractivity contribution in [3.63, 3.8) is 0 Å². The first-order chi connectivity index (χ1) is 14.0. The fourth-order valence-corrected chi connectivity index (χ4v) is 3.73. The van der Waals surface area contributed by atoms with E-state index in [0.717, 1.165) is 5.56 Å². The van der Waals surface area contributed by atoms with Crippen LogP contribution in [0.25, 0.3) is 11.4 Å². The summed E-state index contributed by atoms with van der Waals surface area (Å²) in [5.41, 5.74) is 0.748. The second-order valence-electron chi connectivity index (χ2n) is 7.03. The van der Waals surface area contributed by atoms with Crippen molar-refractivity contribution in [3.8, 4) is 11.4 Å². The molecule has 8 nitrogen and oxygen atoms in total. The molecule has 0 saturated carbocycles. The SMILES string of the molecule is O=C(CCN1C(=O)[C@@H]2CC=CC[C@H]2C1=O)NCc1nc(-c2ccc(Cl)cc2)no1. The van der Waals surface area contributed by atoms with Crippen LogP contribution < -0.4 is 5.32 Å². The lowest BCUT2D eigenvalue weighted by atomic mass is 9.85. The molecule has 9 heteroatoms. The number of nitrogens with zero attached hydrogens (tertiary/aromatic N) is 3. The summed E-state index contributed by atoms with van der Waals surface area (Å²) in [5.74, 6) is -0.558. The summed E-state index contributed by atoms with van der Waals surface area (Å²) in [4.78, 5) is 42.4. The molecule has 3 amide bonds. The fraction of sp³-hybridized carbons (Fsp3) is 0.350. The number of carbonyl (C=O) groups excluding carboxylic acids is 3. The molecule has 0 unspecified atom stereocenters. The predicted molar refractivity (Wildman–Crippen MR) is 103 cm³/mol. The van der Waals surface area contributed by atoms with E-state index in [-0.39, 0.29) is 55.0 Å². The molecule has 1 fully saturated rings. The van der Waals surface area contributed by atoms with Gasteiger partial charge in [-0.1, -0.05) is 28.9 Å². The third kappa shape index (κ3) is 4.07. The van der Waals surface area contributed by atoms with Crippen LogP contribution in [0.3, 0.4) is 0 Å². The first kappa shape index (κ1) is 19.3. The van der Waals surface area contributed by atoms with Crippen molar-refractivity contribution in [1.82, 2.24) is 20.4 Å². The maximum absolute atomic E-state index is 12.4. The third-order valence-corrected chi connectivity index (χ3v) is 5.42. The lowest BCUT2D eigenvalue weighted by Crippen LogP contribution is -2.35. The zero-order valence-corrected chi connectivity index (χ0v) is 16.3. The van der Waals surface area contributed by atoms with E-state index in [4.69, 9.17) is 16.1 Å². The summed E-state index contributed by atoms with van der Waals surface area (Å²) in [5, 5.41) is 7.16. The number of amides is 3. The number of halogens is 1. The Morgan fingerprint density at radius 3 is 2.45 bits per heavy atom. The van der Waals surface area contributed by atoms with E-state index in [9.17, 15) is 14.4 Å². The Kier molecular flexibility index (Phi) is 5.44. The number of likely N-dealkylation sites (tertiary alicyclic amines) is 1. The first-order valence-electron chi connectivity index (χ1n) is 9.38. The number of benzene rings is 1. The molecular weight excluding hydrogens is 396 g/mol. The van der Waals surface area contributed by atoms with Gasteiger partial charge in [-0.05, 0) is 37.1 Å². The average molecular weight is 415 g/mol. The van der Waals surface area contributed by atoms with E-state index >= 15 is 0 Å². The van der Waals surface area contributed by atoms with E-state index in [2.05, 4.69) is 15.5 Å². The molecule has 0 radical (unpaired) electrons. The lowest BCUT2D eigenvalue weighted by molar-refractivity contribution is -0.140. The van der Waals surface area contributed by atoms with Gasteiger partial charge in [-0.2, -0.15) is 4.98 Å². The Balaban J connectivity index is 1.27. The first-order valence-corrected chi connectivity index (χ1v) is 9.76. The zero-order chi connectivity index (χ0) is 20.4. The number of carbonyl (C=O) groups is 3. The van der Waals surface area contributed by atoms with Crippen LogP contribution in [0.2, 0.25) is 5.02 Å². The summed E-state index contributed by atoms with van der Waals surface area (Å²) in [7, 11) is 0. The van der Waals surface area contributed by atoms with Crippen LogP contribution >= 0.6 is 11.6 Å². The summed E-state index contributed by atoms with van der Waals surface area (Å²) in [6.45, 7) is 0.146. The molecule has 2 aliphatic rings. The molecule has 2 aromatic rings. The molecule has 2 atom stereocenters. The topological polar surface area (TPSA) is 105 Å². The standard InChI is InChI=1S/C20H19ClN4O4/c21-13-7-5-12(6-8-13)18-23-17(29-24-18)11-22-16(26)9-10-25-19(27)14-3-1-2-4-15(14)20(25)28/h1-2,5-8,14-15H,3-4,9-11H2,(H,22,26)/t14-,15-/m1/s1. The summed E-state index contributed by atoms with van der Waals surface area (Å²) in [6, 6.07) is 6.99. The number of imide groups is 1. The predicted octanol–water partition coefficient (Wildman–Crippen LogP) is 2.35. The van der Waals surface area contributed by atoms with Crippen molar-refractivity contribution in [2.24, 2.45) is 11.8 Å². The summed E-state index contributed by atoms with van der Waals surface area (Å²) in [6.07, 6.45) is 5.08. The van der Waals surface area contributed by atoms with E-state index in [0.29, 0.717) is 23.7 Å². The number of fused-ring (bicyclic) bond motifs is 1. The van der Waals surface area contributed by atoms with Crippen LogP contribution in [0.5, 0.6) is 0 Å². The smallest absolute Gasteiger partial charge is 0.246 e. The summed E-state index contributed by atoms with van der Waals surface area (Å²) < 4.78 is 5.14. The lowest BCUT2D eigenvalue weighted by Gasteiger charge is -2.14. The monoisotopic (exact) mass is 414 g/mol. The van der Waals surface area contributed by atoms with Crippen LogP contribution in [0.15, 0.2) is 40.9 Å².